The molecule has 0 aliphatic carbocycles. The normalized spacial score (nSPS) is 23.1. The highest BCUT2D eigenvalue weighted by Crippen LogP contribution is 2.32. The molecule has 0 bridgehead atoms. The molecule has 126 valence electrons. The van der Waals surface area contributed by atoms with Crippen LogP contribution in [0.3, 0.4) is 0 Å². The molecule has 1 unspecified atom stereocenters. The number of hydrogen-bond donors (Lipinski definition) is 1. The lowest BCUT2D eigenvalue weighted by Gasteiger charge is -2.32. The van der Waals surface area contributed by atoms with Crippen molar-refractivity contribution in [2.24, 2.45) is 13.0 Å². The highest BCUT2D eigenvalue weighted by Gasteiger charge is 2.30. The number of ether oxygens (including phenoxy) is 1. The molecule has 1 aliphatic rings. The summed E-state index contributed by atoms with van der Waals surface area (Å²) in [5.74, 6) is 3.46. The Hall–Kier alpha value is -1.59. The second-order valence-corrected chi connectivity index (χ2v) is 6.61. The Bertz CT molecular complexity index is 627. The van der Waals surface area contributed by atoms with Crippen LogP contribution in [0.15, 0.2) is 22.9 Å². The summed E-state index contributed by atoms with van der Waals surface area (Å²) >= 11 is 0. The molecule has 1 N–H and O–H groups in total. The average molecular weight is 317 g/mol. The zero-order chi connectivity index (χ0) is 16.4. The van der Waals surface area contributed by atoms with Gasteiger partial charge in [0.05, 0.1) is 6.04 Å². The van der Waals surface area contributed by atoms with Gasteiger partial charge in [-0.05, 0) is 45.2 Å². The van der Waals surface area contributed by atoms with Gasteiger partial charge in [-0.3, -0.25) is 0 Å². The Kier molecular flexibility index (Phi) is 4.87. The van der Waals surface area contributed by atoms with Gasteiger partial charge in [-0.2, -0.15) is 0 Å². The molecule has 1 saturated heterocycles. The molecule has 23 heavy (non-hydrogen) atoms. The molecule has 2 aromatic rings. The quantitative estimate of drug-likeness (QED) is 0.917. The van der Waals surface area contributed by atoms with Gasteiger partial charge in [-0.15, -0.1) is 0 Å². The van der Waals surface area contributed by atoms with Gasteiger partial charge in [0.25, 0.3) is 0 Å². The van der Waals surface area contributed by atoms with Gasteiger partial charge < -0.3 is 19.0 Å². The van der Waals surface area contributed by atoms with E-state index in [1.54, 1.807) is 0 Å². The summed E-state index contributed by atoms with van der Waals surface area (Å²) in [6, 6.07) is 2.33. The van der Waals surface area contributed by atoms with Crippen LogP contribution in [0.5, 0.6) is 0 Å². The number of rotatable bonds is 5. The first-order chi connectivity index (χ1) is 11.1. The Labute approximate surface area is 138 Å². The molecule has 3 heterocycles. The second kappa shape index (κ2) is 6.89. The zero-order valence-corrected chi connectivity index (χ0v) is 14.5. The van der Waals surface area contributed by atoms with E-state index in [1.807, 2.05) is 26.4 Å². The molecule has 1 aliphatic heterocycles. The number of nitrogens with zero attached hydrogens (tertiary/aromatic N) is 2. The van der Waals surface area contributed by atoms with Crippen molar-refractivity contribution >= 4 is 0 Å². The van der Waals surface area contributed by atoms with Gasteiger partial charge in [-0.1, -0.05) is 0 Å². The van der Waals surface area contributed by atoms with Gasteiger partial charge in [0, 0.05) is 38.5 Å². The lowest BCUT2D eigenvalue weighted by molar-refractivity contribution is -0.0350. The van der Waals surface area contributed by atoms with E-state index in [-0.39, 0.29) is 12.1 Å². The van der Waals surface area contributed by atoms with E-state index in [0.717, 1.165) is 43.3 Å². The highest BCUT2D eigenvalue weighted by molar-refractivity contribution is 5.20. The lowest BCUT2D eigenvalue weighted by Crippen LogP contribution is -2.34. The summed E-state index contributed by atoms with van der Waals surface area (Å²) in [5, 5.41) is 3.61. The van der Waals surface area contributed by atoms with Crippen molar-refractivity contribution in [1.29, 1.82) is 0 Å². The third kappa shape index (κ3) is 3.51. The largest absolute Gasteiger partial charge is 0.464 e. The van der Waals surface area contributed by atoms with Crippen molar-refractivity contribution in [3.63, 3.8) is 0 Å². The first-order valence-corrected chi connectivity index (χ1v) is 8.45. The molecule has 3 rings (SSSR count). The summed E-state index contributed by atoms with van der Waals surface area (Å²) in [7, 11) is 2.03. The Morgan fingerprint density at radius 1 is 1.43 bits per heavy atom. The van der Waals surface area contributed by atoms with E-state index in [0.29, 0.717) is 5.92 Å². The van der Waals surface area contributed by atoms with E-state index in [4.69, 9.17) is 9.15 Å². The van der Waals surface area contributed by atoms with Gasteiger partial charge in [-0.25, -0.2) is 4.98 Å². The van der Waals surface area contributed by atoms with Crippen molar-refractivity contribution < 1.29 is 9.15 Å². The maximum atomic E-state index is 6.03. The number of aromatic nitrogens is 2. The van der Waals surface area contributed by atoms with Crippen molar-refractivity contribution in [3.8, 4) is 0 Å². The summed E-state index contributed by atoms with van der Waals surface area (Å²) in [6.45, 7) is 7.97. The molecule has 2 aromatic heterocycles. The third-order valence-electron chi connectivity index (χ3n) is 4.86. The van der Waals surface area contributed by atoms with Crippen LogP contribution in [-0.4, -0.2) is 22.7 Å². The first kappa shape index (κ1) is 16.3. The summed E-state index contributed by atoms with van der Waals surface area (Å²) < 4.78 is 13.9. The van der Waals surface area contributed by atoms with Crippen molar-refractivity contribution in [2.75, 3.05) is 13.2 Å². The van der Waals surface area contributed by atoms with Gasteiger partial charge in [0.2, 0.25) is 0 Å². The number of furan rings is 1. The standard InChI is InChI=1S/C18H27N3O2/c1-12-10-16(23-14(12)3)13(2)20-11-15-6-5-9-22-17(15)18-19-7-8-21(18)4/h7-8,10,13,15,17,20H,5-6,9,11H2,1-4H3/t13?,15-,17+/m0/s1. The van der Waals surface area contributed by atoms with Gasteiger partial charge in [0.15, 0.2) is 0 Å². The molecule has 3 atom stereocenters. The summed E-state index contributed by atoms with van der Waals surface area (Å²) in [6.07, 6.45) is 6.17. The van der Waals surface area contributed by atoms with Crippen LogP contribution in [0.1, 0.15) is 54.8 Å². The molecular weight excluding hydrogens is 290 g/mol. The van der Waals surface area contributed by atoms with E-state index in [1.165, 1.54) is 5.56 Å². The molecule has 0 saturated carbocycles. The maximum Gasteiger partial charge on any atom is 0.137 e. The molecule has 0 spiro atoms. The van der Waals surface area contributed by atoms with Crippen molar-refractivity contribution in [3.05, 3.63) is 41.4 Å². The van der Waals surface area contributed by atoms with E-state index in [9.17, 15) is 0 Å². The minimum absolute atomic E-state index is 0.0727. The minimum Gasteiger partial charge on any atom is -0.464 e. The molecule has 0 aromatic carbocycles. The lowest BCUT2D eigenvalue weighted by atomic mass is 9.93. The van der Waals surface area contributed by atoms with Crippen LogP contribution in [0.4, 0.5) is 0 Å². The first-order valence-electron chi connectivity index (χ1n) is 8.45. The molecule has 1 fully saturated rings. The van der Waals surface area contributed by atoms with Crippen LogP contribution in [0, 0.1) is 19.8 Å². The van der Waals surface area contributed by atoms with Crippen molar-refractivity contribution in [2.45, 2.75) is 45.8 Å². The predicted molar refractivity (Wildman–Crippen MR) is 89.2 cm³/mol. The fourth-order valence-corrected chi connectivity index (χ4v) is 3.23. The fourth-order valence-electron chi connectivity index (χ4n) is 3.23. The fraction of sp³-hybridized carbons (Fsp3) is 0.611. The average Bonchev–Trinajstić information content (AvgIpc) is 3.11. The molecule has 5 nitrogen and oxygen atoms in total. The smallest absolute Gasteiger partial charge is 0.137 e. The van der Waals surface area contributed by atoms with Gasteiger partial charge >= 0.3 is 0 Å². The molecular formula is C18H27N3O2. The van der Waals surface area contributed by atoms with Crippen LogP contribution >= 0.6 is 0 Å². The molecule has 0 amide bonds. The number of nitrogens with one attached hydrogen (secondary N) is 1. The number of hydrogen-bond acceptors (Lipinski definition) is 4. The van der Waals surface area contributed by atoms with Crippen molar-refractivity contribution in [1.82, 2.24) is 14.9 Å². The molecule has 0 radical (unpaired) electrons. The number of aryl methyl sites for hydroxylation is 3. The number of imidazole rings is 1. The van der Waals surface area contributed by atoms with E-state index >= 15 is 0 Å². The third-order valence-corrected chi connectivity index (χ3v) is 4.86. The van der Waals surface area contributed by atoms with Crippen LogP contribution < -0.4 is 5.32 Å². The second-order valence-electron chi connectivity index (χ2n) is 6.61. The Morgan fingerprint density at radius 3 is 2.91 bits per heavy atom. The Morgan fingerprint density at radius 2 is 2.26 bits per heavy atom. The van der Waals surface area contributed by atoms with Crippen LogP contribution in [0.25, 0.3) is 0 Å². The zero-order valence-electron chi connectivity index (χ0n) is 14.5. The summed E-state index contributed by atoms with van der Waals surface area (Å²) in [4.78, 5) is 4.48. The monoisotopic (exact) mass is 317 g/mol. The SMILES string of the molecule is Cc1cc(C(C)NC[C@@H]2CCCO[C@H]2c2nccn2C)oc1C. The predicted octanol–water partition coefficient (Wildman–Crippen LogP) is 3.45. The maximum absolute atomic E-state index is 6.03. The minimum atomic E-state index is 0.0727. The van der Waals surface area contributed by atoms with Crippen LogP contribution in [0.2, 0.25) is 0 Å². The topological polar surface area (TPSA) is 52.2 Å². The summed E-state index contributed by atoms with van der Waals surface area (Å²) in [5.41, 5.74) is 1.21. The van der Waals surface area contributed by atoms with Gasteiger partial charge in [0.1, 0.15) is 23.4 Å². The van der Waals surface area contributed by atoms with E-state index in [2.05, 4.69) is 34.8 Å². The van der Waals surface area contributed by atoms with Crippen LogP contribution in [-0.2, 0) is 11.8 Å². The highest BCUT2D eigenvalue weighted by atomic mass is 16.5. The van der Waals surface area contributed by atoms with E-state index < -0.39 is 0 Å². The Balaban J connectivity index is 1.64. The molecule has 5 heteroatoms.